The molecule has 0 aromatic heterocycles. The second kappa shape index (κ2) is 8.37. The van der Waals surface area contributed by atoms with Gasteiger partial charge < -0.3 is 9.47 Å². The summed E-state index contributed by atoms with van der Waals surface area (Å²) in [5.74, 6) is 0.693. The van der Waals surface area contributed by atoms with Crippen LogP contribution in [0.1, 0.15) is 25.0 Å². The second-order valence-electron chi connectivity index (χ2n) is 4.87. The Bertz CT molecular complexity index is 796. The standard InChI is InChI=1S/C19H17ClFNO2/c1-3-23-18-10-14(17(20)11-19(18)24-4-2)8-15(12-22)13-6-5-7-16(21)9-13/h5-11H,3-4H2,1-2H3/b15-8-. The van der Waals surface area contributed by atoms with Crippen LogP contribution in [-0.4, -0.2) is 13.2 Å². The molecule has 0 aliphatic carbocycles. The van der Waals surface area contributed by atoms with Crippen LogP contribution >= 0.6 is 11.6 Å². The zero-order valence-corrected chi connectivity index (χ0v) is 14.2. The molecule has 0 spiro atoms. The van der Waals surface area contributed by atoms with Crippen LogP contribution < -0.4 is 9.47 Å². The van der Waals surface area contributed by atoms with Gasteiger partial charge in [0.05, 0.1) is 29.9 Å². The molecule has 0 radical (unpaired) electrons. The predicted molar refractivity (Wildman–Crippen MR) is 93.7 cm³/mol. The van der Waals surface area contributed by atoms with E-state index in [2.05, 4.69) is 6.07 Å². The summed E-state index contributed by atoms with van der Waals surface area (Å²) in [6.45, 7) is 4.70. The molecule has 0 bridgehead atoms. The molecule has 0 N–H and O–H groups in total. The summed E-state index contributed by atoms with van der Waals surface area (Å²) >= 11 is 6.29. The molecule has 2 aromatic rings. The molecule has 0 saturated carbocycles. The smallest absolute Gasteiger partial charge is 0.162 e. The first-order valence-corrected chi connectivity index (χ1v) is 7.93. The van der Waals surface area contributed by atoms with Gasteiger partial charge in [-0.3, -0.25) is 0 Å². The zero-order valence-electron chi connectivity index (χ0n) is 13.5. The van der Waals surface area contributed by atoms with Gasteiger partial charge in [-0.1, -0.05) is 23.7 Å². The SMILES string of the molecule is CCOc1cc(Cl)c(/C=C(/C#N)c2cccc(F)c2)cc1OCC. The Hall–Kier alpha value is -2.51. The lowest BCUT2D eigenvalue weighted by Crippen LogP contribution is -1.99. The number of rotatable bonds is 6. The Balaban J connectivity index is 2.50. The lowest BCUT2D eigenvalue weighted by Gasteiger charge is -2.13. The minimum atomic E-state index is -0.401. The fourth-order valence-corrected chi connectivity index (χ4v) is 2.40. The first kappa shape index (κ1) is 17.8. The molecule has 0 saturated heterocycles. The number of ether oxygens (including phenoxy) is 2. The lowest BCUT2D eigenvalue weighted by atomic mass is 10.0. The molecule has 0 heterocycles. The second-order valence-corrected chi connectivity index (χ2v) is 5.27. The summed E-state index contributed by atoms with van der Waals surface area (Å²) in [5, 5.41) is 9.82. The largest absolute Gasteiger partial charge is 0.490 e. The number of allylic oxidation sites excluding steroid dienone is 1. The molecular formula is C19H17ClFNO2. The molecule has 2 aromatic carbocycles. The number of nitriles is 1. The Morgan fingerprint density at radius 2 is 1.83 bits per heavy atom. The van der Waals surface area contributed by atoms with E-state index < -0.39 is 5.82 Å². The van der Waals surface area contributed by atoms with Crippen molar-refractivity contribution >= 4 is 23.3 Å². The summed E-state index contributed by atoms with van der Waals surface area (Å²) < 4.78 is 24.5. The van der Waals surface area contributed by atoms with Gasteiger partial charge in [-0.2, -0.15) is 5.26 Å². The van der Waals surface area contributed by atoms with E-state index in [1.165, 1.54) is 12.1 Å². The highest BCUT2D eigenvalue weighted by Crippen LogP contribution is 2.35. The van der Waals surface area contributed by atoms with Gasteiger partial charge in [-0.15, -0.1) is 0 Å². The number of halogens is 2. The summed E-state index contributed by atoms with van der Waals surface area (Å²) in [4.78, 5) is 0. The first-order chi connectivity index (χ1) is 11.6. The maximum atomic E-state index is 13.4. The van der Waals surface area contributed by atoms with Crippen LogP contribution in [-0.2, 0) is 0 Å². The Morgan fingerprint density at radius 3 is 2.42 bits per heavy atom. The lowest BCUT2D eigenvalue weighted by molar-refractivity contribution is 0.288. The van der Waals surface area contributed by atoms with Crippen LogP contribution in [0.2, 0.25) is 5.02 Å². The molecule has 0 amide bonds. The van der Waals surface area contributed by atoms with Gasteiger partial charge in [0, 0.05) is 6.07 Å². The van der Waals surface area contributed by atoms with Crippen LogP contribution in [0, 0.1) is 17.1 Å². The van der Waals surface area contributed by atoms with Crippen LogP contribution in [0.3, 0.4) is 0 Å². The number of hydrogen-bond acceptors (Lipinski definition) is 3. The Morgan fingerprint density at radius 1 is 1.17 bits per heavy atom. The van der Waals surface area contributed by atoms with Crippen LogP contribution in [0.25, 0.3) is 11.6 Å². The quantitative estimate of drug-likeness (QED) is 0.524. The molecule has 0 unspecified atom stereocenters. The first-order valence-electron chi connectivity index (χ1n) is 7.55. The van der Waals surface area contributed by atoms with Crippen molar-refractivity contribution in [2.75, 3.05) is 13.2 Å². The van der Waals surface area contributed by atoms with E-state index in [0.29, 0.717) is 46.4 Å². The van der Waals surface area contributed by atoms with Gasteiger partial charge in [0.2, 0.25) is 0 Å². The summed E-state index contributed by atoms with van der Waals surface area (Å²) in [7, 11) is 0. The minimum Gasteiger partial charge on any atom is -0.490 e. The van der Waals surface area contributed by atoms with Gasteiger partial charge in [0.1, 0.15) is 5.82 Å². The molecule has 124 valence electrons. The molecule has 0 atom stereocenters. The van der Waals surface area contributed by atoms with Crippen molar-refractivity contribution in [3.8, 4) is 17.6 Å². The van der Waals surface area contributed by atoms with Crippen molar-refractivity contribution in [3.05, 3.63) is 58.4 Å². The molecular weight excluding hydrogens is 329 g/mol. The van der Waals surface area contributed by atoms with E-state index in [4.69, 9.17) is 21.1 Å². The van der Waals surface area contributed by atoms with E-state index in [-0.39, 0.29) is 0 Å². The maximum absolute atomic E-state index is 13.4. The molecule has 3 nitrogen and oxygen atoms in total. The third-order valence-electron chi connectivity index (χ3n) is 3.22. The van der Waals surface area contributed by atoms with Gasteiger partial charge in [-0.05, 0) is 49.2 Å². The molecule has 0 aliphatic heterocycles. The molecule has 0 aliphatic rings. The molecule has 5 heteroatoms. The minimum absolute atomic E-state index is 0.308. The highest BCUT2D eigenvalue weighted by Gasteiger charge is 2.11. The van der Waals surface area contributed by atoms with E-state index in [0.717, 1.165) is 0 Å². The molecule has 0 fully saturated rings. The Labute approximate surface area is 145 Å². The third kappa shape index (κ3) is 4.27. The summed E-state index contributed by atoms with van der Waals surface area (Å²) in [6, 6.07) is 11.3. The highest BCUT2D eigenvalue weighted by molar-refractivity contribution is 6.32. The normalized spacial score (nSPS) is 11.0. The van der Waals surface area contributed by atoms with Crippen molar-refractivity contribution in [2.45, 2.75) is 13.8 Å². The highest BCUT2D eigenvalue weighted by atomic mass is 35.5. The predicted octanol–water partition coefficient (Wildman–Crippen LogP) is 5.34. The van der Waals surface area contributed by atoms with Crippen molar-refractivity contribution in [1.82, 2.24) is 0 Å². The number of benzene rings is 2. The van der Waals surface area contributed by atoms with Gasteiger partial charge in [-0.25, -0.2) is 4.39 Å². The summed E-state index contributed by atoms with van der Waals surface area (Å²) in [6.07, 6.45) is 1.61. The van der Waals surface area contributed by atoms with Crippen molar-refractivity contribution in [2.24, 2.45) is 0 Å². The van der Waals surface area contributed by atoms with E-state index >= 15 is 0 Å². The van der Waals surface area contributed by atoms with Crippen LogP contribution in [0.4, 0.5) is 4.39 Å². The van der Waals surface area contributed by atoms with Crippen molar-refractivity contribution in [1.29, 1.82) is 5.26 Å². The van der Waals surface area contributed by atoms with E-state index in [1.54, 1.807) is 30.3 Å². The fraction of sp³-hybridized carbons (Fsp3) is 0.211. The van der Waals surface area contributed by atoms with Gasteiger partial charge in [0.15, 0.2) is 11.5 Å². The van der Waals surface area contributed by atoms with Crippen molar-refractivity contribution in [3.63, 3.8) is 0 Å². The Kier molecular flexibility index (Phi) is 6.22. The third-order valence-corrected chi connectivity index (χ3v) is 3.55. The van der Waals surface area contributed by atoms with Crippen LogP contribution in [0.15, 0.2) is 36.4 Å². The fourth-order valence-electron chi connectivity index (χ4n) is 2.19. The van der Waals surface area contributed by atoms with Crippen molar-refractivity contribution < 1.29 is 13.9 Å². The molecule has 2 rings (SSSR count). The van der Waals surface area contributed by atoms with E-state index in [9.17, 15) is 9.65 Å². The zero-order chi connectivity index (χ0) is 17.5. The molecule has 24 heavy (non-hydrogen) atoms. The summed E-state index contributed by atoms with van der Waals surface area (Å²) in [5.41, 5.74) is 1.40. The topological polar surface area (TPSA) is 42.2 Å². The average molecular weight is 346 g/mol. The van der Waals surface area contributed by atoms with E-state index in [1.807, 2.05) is 13.8 Å². The van der Waals surface area contributed by atoms with Gasteiger partial charge >= 0.3 is 0 Å². The maximum Gasteiger partial charge on any atom is 0.162 e. The monoisotopic (exact) mass is 345 g/mol. The number of hydrogen-bond donors (Lipinski definition) is 0. The average Bonchev–Trinajstić information content (AvgIpc) is 2.56. The van der Waals surface area contributed by atoms with Crippen LogP contribution in [0.5, 0.6) is 11.5 Å². The number of nitrogens with zero attached hydrogens (tertiary/aromatic N) is 1. The van der Waals surface area contributed by atoms with Gasteiger partial charge in [0.25, 0.3) is 0 Å².